The second-order valence-electron chi connectivity index (χ2n) is 4.76. The van der Waals surface area contributed by atoms with Crippen molar-refractivity contribution in [3.8, 4) is 5.69 Å². The van der Waals surface area contributed by atoms with Crippen LogP contribution in [0.25, 0.3) is 16.7 Å². The lowest BCUT2D eigenvalue weighted by atomic mass is 10.1. The number of nitrogens with two attached hydrogens (primary N) is 1. The smallest absolute Gasteiger partial charge is 0.100 e. The minimum absolute atomic E-state index is 0.737. The normalized spacial score (nSPS) is 11.1. The van der Waals surface area contributed by atoms with Gasteiger partial charge in [-0.2, -0.15) is 0 Å². The summed E-state index contributed by atoms with van der Waals surface area (Å²) in [6.07, 6.45) is 1.84. The molecular formula is C15H14BrN3. The zero-order valence-electron chi connectivity index (χ0n) is 10.8. The van der Waals surface area contributed by atoms with Gasteiger partial charge in [0, 0.05) is 15.8 Å². The summed E-state index contributed by atoms with van der Waals surface area (Å²) >= 11 is 3.59. The number of aromatic nitrogens is 2. The molecule has 0 unspecified atom stereocenters. The summed E-state index contributed by atoms with van der Waals surface area (Å²) in [6.45, 7) is 4.19. The van der Waals surface area contributed by atoms with E-state index in [1.807, 2.05) is 24.5 Å². The van der Waals surface area contributed by atoms with Crippen LogP contribution in [0, 0.1) is 13.8 Å². The van der Waals surface area contributed by atoms with E-state index in [9.17, 15) is 0 Å². The molecule has 0 aliphatic heterocycles. The van der Waals surface area contributed by atoms with Gasteiger partial charge in [-0.15, -0.1) is 0 Å². The first kappa shape index (κ1) is 12.2. The first-order valence-corrected chi connectivity index (χ1v) is 6.85. The summed E-state index contributed by atoms with van der Waals surface area (Å²) in [5.41, 5.74) is 12.0. The molecule has 0 aliphatic carbocycles. The summed E-state index contributed by atoms with van der Waals surface area (Å²) < 4.78 is 3.24. The highest BCUT2D eigenvalue weighted by atomic mass is 79.9. The van der Waals surface area contributed by atoms with Crippen molar-refractivity contribution in [3.63, 3.8) is 0 Å². The molecule has 3 aromatic rings. The Balaban J connectivity index is 2.25. The summed E-state index contributed by atoms with van der Waals surface area (Å²) in [6, 6.07) is 10.1. The monoisotopic (exact) mass is 315 g/mol. The van der Waals surface area contributed by atoms with Gasteiger partial charge in [-0.1, -0.05) is 15.9 Å². The van der Waals surface area contributed by atoms with Gasteiger partial charge >= 0.3 is 0 Å². The summed E-state index contributed by atoms with van der Waals surface area (Å²) in [5, 5.41) is 0. The minimum atomic E-state index is 0.737. The van der Waals surface area contributed by atoms with Crippen molar-refractivity contribution in [1.82, 2.24) is 9.55 Å². The first-order valence-electron chi connectivity index (χ1n) is 6.06. The molecule has 3 nitrogen and oxygen atoms in total. The number of hydrogen-bond acceptors (Lipinski definition) is 2. The largest absolute Gasteiger partial charge is 0.399 e. The highest BCUT2D eigenvalue weighted by Crippen LogP contribution is 2.26. The molecule has 0 bridgehead atoms. The Kier molecular flexibility index (Phi) is 2.82. The Labute approximate surface area is 120 Å². The van der Waals surface area contributed by atoms with Crippen LogP contribution in [-0.4, -0.2) is 9.55 Å². The number of imidazole rings is 1. The second-order valence-corrected chi connectivity index (χ2v) is 5.55. The molecule has 0 spiro atoms. The van der Waals surface area contributed by atoms with E-state index in [0.29, 0.717) is 0 Å². The Morgan fingerprint density at radius 1 is 1.11 bits per heavy atom. The molecule has 0 fully saturated rings. The fourth-order valence-electron chi connectivity index (χ4n) is 2.30. The molecular weight excluding hydrogens is 302 g/mol. The van der Waals surface area contributed by atoms with Crippen molar-refractivity contribution >= 4 is 32.7 Å². The number of hydrogen-bond donors (Lipinski definition) is 1. The van der Waals surface area contributed by atoms with E-state index in [2.05, 4.69) is 51.5 Å². The van der Waals surface area contributed by atoms with Crippen LogP contribution in [-0.2, 0) is 0 Å². The van der Waals surface area contributed by atoms with E-state index in [1.165, 1.54) is 11.1 Å². The van der Waals surface area contributed by atoms with Crippen LogP contribution in [0.1, 0.15) is 11.1 Å². The predicted octanol–water partition coefficient (Wildman–Crippen LogP) is 3.99. The summed E-state index contributed by atoms with van der Waals surface area (Å²) in [7, 11) is 0. The molecule has 2 N–H and O–H groups in total. The topological polar surface area (TPSA) is 43.8 Å². The number of nitrogen functional groups attached to an aromatic ring is 1. The molecule has 1 heterocycles. The predicted molar refractivity (Wildman–Crippen MR) is 82.7 cm³/mol. The van der Waals surface area contributed by atoms with Gasteiger partial charge < -0.3 is 5.73 Å². The molecule has 3 rings (SSSR count). The van der Waals surface area contributed by atoms with Gasteiger partial charge in [0.1, 0.15) is 6.33 Å². The van der Waals surface area contributed by atoms with Gasteiger partial charge in [0.05, 0.1) is 11.0 Å². The number of nitrogens with zero attached hydrogens (tertiary/aromatic N) is 2. The molecule has 0 aliphatic rings. The van der Waals surface area contributed by atoms with E-state index in [0.717, 1.165) is 26.9 Å². The van der Waals surface area contributed by atoms with Crippen molar-refractivity contribution in [2.45, 2.75) is 13.8 Å². The zero-order chi connectivity index (χ0) is 13.6. The Morgan fingerprint density at radius 3 is 2.47 bits per heavy atom. The maximum atomic E-state index is 5.78. The quantitative estimate of drug-likeness (QED) is 0.690. The van der Waals surface area contributed by atoms with Gasteiger partial charge in [0.25, 0.3) is 0 Å². The third-order valence-corrected chi connectivity index (χ3v) is 4.52. The van der Waals surface area contributed by atoms with E-state index in [4.69, 9.17) is 5.73 Å². The molecule has 2 aromatic carbocycles. The van der Waals surface area contributed by atoms with E-state index in [1.54, 1.807) is 0 Å². The standard InChI is InChI=1S/C15H14BrN3/c1-9-5-12(6-10(2)15(9)16)19-8-18-13-7-11(17)3-4-14(13)19/h3-8H,17H2,1-2H3. The van der Waals surface area contributed by atoms with Crippen molar-refractivity contribution in [3.05, 3.63) is 52.3 Å². The maximum Gasteiger partial charge on any atom is 0.100 e. The van der Waals surface area contributed by atoms with Crippen LogP contribution in [0.2, 0.25) is 0 Å². The van der Waals surface area contributed by atoms with Crippen LogP contribution in [0.15, 0.2) is 41.1 Å². The SMILES string of the molecule is Cc1cc(-n2cnc3cc(N)ccc32)cc(C)c1Br. The molecule has 4 heteroatoms. The molecule has 0 amide bonds. The Hall–Kier alpha value is -1.81. The zero-order valence-corrected chi connectivity index (χ0v) is 12.4. The van der Waals surface area contributed by atoms with Gasteiger partial charge in [-0.25, -0.2) is 4.98 Å². The molecule has 0 radical (unpaired) electrons. The van der Waals surface area contributed by atoms with Crippen molar-refractivity contribution in [2.24, 2.45) is 0 Å². The molecule has 1 aromatic heterocycles. The van der Waals surface area contributed by atoms with Crippen LogP contribution in [0.4, 0.5) is 5.69 Å². The van der Waals surface area contributed by atoms with Crippen LogP contribution >= 0.6 is 15.9 Å². The van der Waals surface area contributed by atoms with Crippen LogP contribution in [0.5, 0.6) is 0 Å². The molecule has 0 saturated heterocycles. The summed E-state index contributed by atoms with van der Waals surface area (Å²) in [5.74, 6) is 0. The van der Waals surface area contributed by atoms with Crippen LogP contribution < -0.4 is 5.73 Å². The Bertz CT molecular complexity index is 751. The van der Waals surface area contributed by atoms with Crippen molar-refractivity contribution in [2.75, 3.05) is 5.73 Å². The number of fused-ring (bicyclic) bond motifs is 1. The first-order chi connectivity index (χ1) is 9.06. The van der Waals surface area contributed by atoms with Gasteiger partial charge in [-0.3, -0.25) is 4.57 Å². The third-order valence-electron chi connectivity index (χ3n) is 3.27. The average Bonchev–Trinajstić information content (AvgIpc) is 2.78. The Morgan fingerprint density at radius 2 is 1.79 bits per heavy atom. The number of aryl methyl sites for hydroxylation is 2. The highest BCUT2D eigenvalue weighted by molar-refractivity contribution is 9.10. The van der Waals surface area contributed by atoms with Crippen molar-refractivity contribution in [1.29, 1.82) is 0 Å². The third kappa shape index (κ3) is 2.02. The fourth-order valence-corrected chi connectivity index (χ4v) is 2.53. The van der Waals surface area contributed by atoms with Crippen molar-refractivity contribution < 1.29 is 0 Å². The second kappa shape index (κ2) is 4.38. The fraction of sp³-hybridized carbons (Fsp3) is 0.133. The van der Waals surface area contributed by atoms with Gasteiger partial charge in [0.2, 0.25) is 0 Å². The number of rotatable bonds is 1. The lowest BCUT2D eigenvalue weighted by molar-refractivity contribution is 1.08. The number of anilines is 1. The average molecular weight is 316 g/mol. The minimum Gasteiger partial charge on any atom is -0.399 e. The van der Waals surface area contributed by atoms with E-state index >= 15 is 0 Å². The number of benzene rings is 2. The van der Waals surface area contributed by atoms with E-state index in [-0.39, 0.29) is 0 Å². The maximum absolute atomic E-state index is 5.78. The van der Waals surface area contributed by atoms with Gasteiger partial charge in [0.15, 0.2) is 0 Å². The summed E-state index contributed by atoms with van der Waals surface area (Å²) in [4.78, 5) is 4.41. The molecule has 19 heavy (non-hydrogen) atoms. The molecule has 0 saturated carbocycles. The molecule has 96 valence electrons. The number of halogens is 1. The van der Waals surface area contributed by atoms with Gasteiger partial charge in [-0.05, 0) is 55.3 Å². The molecule has 0 atom stereocenters. The lowest BCUT2D eigenvalue weighted by Gasteiger charge is -2.09. The lowest BCUT2D eigenvalue weighted by Crippen LogP contribution is -1.95. The van der Waals surface area contributed by atoms with Crippen LogP contribution in [0.3, 0.4) is 0 Å². The van der Waals surface area contributed by atoms with E-state index < -0.39 is 0 Å². The highest BCUT2D eigenvalue weighted by Gasteiger charge is 2.08.